The maximum absolute atomic E-state index is 10.5. The largest absolute Gasteiger partial charge is 0.387 e. The first-order valence-electron chi connectivity index (χ1n) is 6.39. The molecule has 0 spiro atoms. The number of aryl methyl sites for hydroxylation is 1. The van der Waals surface area contributed by atoms with Crippen molar-refractivity contribution in [3.05, 3.63) is 66.2 Å². The van der Waals surface area contributed by atoms with E-state index in [1.807, 2.05) is 42.0 Å². The van der Waals surface area contributed by atoms with Crippen LogP contribution < -0.4 is 0 Å². The van der Waals surface area contributed by atoms with Crippen LogP contribution in [-0.4, -0.2) is 14.7 Å². The summed E-state index contributed by atoms with van der Waals surface area (Å²) in [6, 6.07) is 14.2. The van der Waals surface area contributed by atoms with Gasteiger partial charge in [-0.15, -0.1) is 0 Å². The van der Waals surface area contributed by atoms with Gasteiger partial charge in [0.05, 0.1) is 12.6 Å². The number of aliphatic hydroxyl groups is 1. The van der Waals surface area contributed by atoms with E-state index >= 15 is 0 Å². The number of fused-ring (bicyclic) bond motifs is 1. The van der Waals surface area contributed by atoms with Crippen molar-refractivity contribution in [2.45, 2.75) is 19.6 Å². The summed E-state index contributed by atoms with van der Waals surface area (Å²) < 4.78 is 1.96. The summed E-state index contributed by atoms with van der Waals surface area (Å²) in [5.41, 5.74) is 0.964. The molecule has 2 aromatic carbocycles. The van der Waals surface area contributed by atoms with Gasteiger partial charge in [-0.1, -0.05) is 42.5 Å². The Morgan fingerprint density at radius 2 is 1.95 bits per heavy atom. The number of rotatable bonds is 3. The van der Waals surface area contributed by atoms with Gasteiger partial charge in [0.2, 0.25) is 0 Å². The summed E-state index contributed by atoms with van der Waals surface area (Å²) in [7, 11) is 0. The Kier molecular flexibility index (Phi) is 3.05. The number of aromatic nitrogens is 2. The second-order valence-electron chi connectivity index (χ2n) is 4.71. The highest BCUT2D eigenvalue weighted by atomic mass is 16.3. The van der Waals surface area contributed by atoms with Crippen LogP contribution in [-0.2, 0) is 6.54 Å². The summed E-state index contributed by atoms with van der Waals surface area (Å²) in [5, 5.41) is 12.7. The van der Waals surface area contributed by atoms with Gasteiger partial charge >= 0.3 is 0 Å². The number of imidazole rings is 1. The summed E-state index contributed by atoms with van der Waals surface area (Å²) in [4.78, 5) is 4.18. The molecule has 3 nitrogen and oxygen atoms in total. The Morgan fingerprint density at radius 3 is 2.74 bits per heavy atom. The van der Waals surface area contributed by atoms with E-state index < -0.39 is 6.10 Å². The molecule has 0 amide bonds. The van der Waals surface area contributed by atoms with Gasteiger partial charge in [0, 0.05) is 12.4 Å². The highest BCUT2D eigenvalue weighted by Gasteiger charge is 2.12. The lowest BCUT2D eigenvalue weighted by atomic mass is 10.0. The standard InChI is InChI=1S/C16H16N2O/c1-12-17-9-10-18(12)11-16(19)15-8-4-6-13-5-2-3-7-14(13)15/h2-10,16,19H,11H2,1H3. The molecule has 1 atom stereocenters. The zero-order valence-electron chi connectivity index (χ0n) is 10.8. The monoisotopic (exact) mass is 252 g/mol. The van der Waals surface area contributed by atoms with Crippen molar-refractivity contribution in [2.24, 2.45) is 0 Å². The quantitative estimate of drug-likeness (QED) is 0.778. The Labute approximate surface area is 112 Å². The molecule has 3 aromatic rings. The fourth-order valence-electron chi connectivity index (χ4n) is 2.42. The minimum absolute atomic E-state index is 0.528. The van der Waals surface area contributed by atoms with Crippen LogP contribution in [0.5, 0.6) is 0 Å². The number of nitrogens with zero attached hydrogens (tertiary/aromatic N) is 2. The predicted molar refractivity (Wildman–Crippen MR) is 75.9 cm³/mol. The van der Waals surface area contributed by atoms with E-state index in [9.17, 15) is 5.11 Å². The van der Waals surface area contributed by atoms with Gasteiger partial charge in [-0.05, 0) is 23.3 Å². The van der Waals surface area contributed by atoms with E-state index in [0.29, 0.717) is 6.54 Å². The van der Waals surface area contributed by atoms with E-state index in [2.05, 4.69) is 23.2 Å². The van der Waals surface area contributed by atoms with Crippen molar-refractivity contribution in [1.29, 1.82) is 0 Å². The zero-order valence-corrected chi connectivity index (χ0v) is 10.8. The number of hydrogen-bond acceptors (Lipinski definition) is 2. The molecule has 0 aliphatic heterocycles. The Bertz CT molecular complexity index is 697. The molecule has 3 rings (SSSR count). The third-order valence-electron chi connectivity index (χ3n) is 3.48. The highest BCUT2D eigenvalue weighted by molar-refractivity contribution is 5.85. The first-order valence-corrected chi connectivity index (χ1v) is 6.39. The molecule has 0 fully saturated rings. The fraction of sp³-hybridized carbons (Fsp3) is 0.188. The van der Waals surface area contributed by atoms with Gasteiger partial charge in [-0.25, -0.2) is 4.98 Å². The van der Waals surface area contributed by atoms with Crippen molar-refractivity contribution in [1.82, 2.24) is 9.55 Å². The fourth-order valence-corrected chi connectivity index (χ4v) is 2.42. The predicted octanol–water partition coefficient (Wildman–Crippen LogP) is 3.08. The van der Waals surface area contributed by atoms with Crippen molar-refractivity contribution in [3.8, 4) is 0 Å². The van der Waals surface area contributed by atoms with Gasteiger partial charge in [0.15, 0.2) is 0 Å². The molecular weight excluding hydrogens is 236 g/mol. The number of benzene rings is 2. The van der Waals surface area contributed by atoms with Gasteiger partial charge in [-0.3, -0.25) is 0 Å². The first-order chi connectivity index (χ1) is 9.25. The normalized spacial score (nSPS) is 12.7. The van der Waals surface area contributed by atoms with E-state index in [1.54, 1.807) is 6.20 Å². The summed E-state index contributed by atoms with van der Waals surface area (Å²) in [5.74, 6) is 0.916. The maximum atomic E-state index is 10.5. The lowest BCUT2D eigenvalue weighted by Crippen LogP contribution is -2.09. The van der Waals surface area contributed by atoms with Gasteiger partial charge < -0.3 is 9.67 Å². The molecule has 0 saturated carbocycles. The number of aliphatic hydroxyl groups excluding tert-OH is 1. The molecule has 0 bridgehead atoms. The van der Waals surface area contributed by atoms with E-state index in [-0.39, 0.29) is 0 Å². The van der Waals surface area contributed by atoms with Crippen LogP contribution in [0.2, 0.25) is 0 Å². The summed E-state index contributed by atoms with van der Waals surface area (Å²) >= 11 is 0. The molecule has 1 N–H and O–H groups in total. The van der Waals surface area contributed by atoms with Crippen LogP contribution in [0.25, 0.3) is 10.8 Å². The average molecular weight is 252 g/mol. The third kappa shape index (κ3) is 2.25. The number of hydrogen-bond donors (Lipinski definition) is 1. The minimum Gasteiger partial charge on any atom is -0.387 e. The molecule has 0 aliphatic carbocycles. The highest BCUT2D eigenvalue weighted by Crippen LogP contribution is 2.25. The van der Waals surface area contributed by atoms with Crippen LogP contribution in [0.3, 0.4) is 0 Å². The topological polar surface area (TPSA) is 38.0 Å². The zero-order chi connectivity index (χ0) is 13.2. The Hall–Kier alpha value is -2.13. The molecule has 0 radical (unpaired) electrons. The van der Waals surface area contributed by atoms with Crippen molar-refractivity contribution < 1.29 is 5.11 Å². The average Bonchev–Trinajstić information content (AvgIpc) is 2.83. The second kappa shape index (κ2) is 4.86. The van der Waals surface area contributed by atoms with Crippen LogP contribution in [0.15, 0.2) is 54.9 Å². The Balaban J connectivity index is 1.98. The maximum Gasteiger partial charge on any atom is 0.105 e. The molecule has 1 unspecified atom stereocenters. The second-order valence-corrected chi connectivity index (χ2v) is 4.71. The van der Waals surface area contributed by atoms with Crippen molar-refractivity contribution in [2.75, 3.05) is 0 Å². The van der Waals surface area contributed by atoms with Crippen LogP contribution in [0, 0.1) is 6.92 Å². The summed E-state index contributed by atoms with van der Waals surface area (Å²) in [6.07, 6.45) is 3.12. The van der Waals surface area contributed by atoms with Gasteiger partial charge in [0.25, 0.3) is 0 Å². The van der Waals surface area contributed by atoms with E-state index in [4.69, 9.17) is 0 Å². The summed E-state index contributed by atoms with van der Waals surface area (Å²) in [6.45, 7) is 2.47. The van der Waals surface area contributed by atoms with E-state index in [0.717, 1.165) is 22.2 Å². The molecule has 19 heavy (non-hydrogen) atoms. The van der Waals surface area contributed by atoms with Crippen LogP contribution in [0.1, 0.15) is 17.5 Å². The van der Waals surface area contributed by atoms with Crippen molar-refractivity contribution >= 4 is 10.8 Å². The first kappa shape index (κ1) is 11.9. The smallest absolute Gasteiger partial charge is 0.105 e. The minimum atomic E-state index is -0.529. The molecule has 3 heteroatoms. The van der Waals surface area contributed by atoms with Gasteiger partial charge in [0.1, 0.15) is 5.82 Å². The molecule has 1 aromatic heterocycles. The molecular formula is C16H16N2O. The van der Waals surface area contributed by atoms with Gasteiger partial charge in [-0.2, -0.15) is 0 Å². The SMILES string of the molecule is Cc1nccn1CC(O)c1cccc2ccccc12. The molecule has 0 aliphatic rings. The lowest BCUT2D eigenvalue weighted by molar-refractivity contribution is 0.157. The van der Waals surface area contributed by atoms with Crippen molar-refractivity contribution in [3.63, 3.8) is 0 Å². The van der Waals surface area contributed by atoms with Crippen LogP contribution >= 0.6 is 0 Å². The third-order valence-corrected chi connectivity index (χ3v) is 3.48. The van der Waals surface area contributed by atoms with Crippen LogP contribution in [0.4, 0.5) is 0 Å². The van der Waals surface area contributed by atoms with E-state index in [1.165, 1.54) is 0 Å². The lowest BCUT2D eigenvalue weighted by Gasteiger charge is -2.15. The molecule has 1 heterocycles. The Morgan fingerprint density at radius 1 is 1.16 bits per heavy atom. The molecule has 0 saturated heterocycles. The molecule has 96 valence electrons.